The molecule has 1 aromatic heterocycles. The van der Waals surface area contributed by atoms with E-state index in [0.717, 1.165) is 50.9 Å². The van der Waals surface area contributed by atoms with Crippen molar-refractivity contribution >= 4 is 0 Å². The minimum absolute atomic E-state index is 0.335. The lowest BCUT2D eigenvalue weighted by molar-refractivity contribution is -0.0726. The van der Waals surface area contributed by atoms with Crippen LogP contribution < -0.4 is 0 Å². The molecular weight excluding hydrogens is 280 g/mol. The van der Waals surface area contributed by atoms with Gasteiger partial charge in [0.1, 0.15) is 0 Å². The Hall–Kier alpha value is -0.980. The van der Waals surface area contributed by atoms with E-state index in [2.05, 4.69) is 33.8 Å². The van der Waals surface area contributed by atoms with Crippen LogP contribution >= 0.6 is 0 Å². The molecule has 0 aliphatic carbocycles. The Morgan fingerprint density at radius 2 is 2.00 bits per heavy atom. The third-order valence-corrected chi connectivity index (χ3v) is 4.63. The number of rotatable bonds is 5. The third-order valence-electron chi connectivity index (χ3n) is 4.63. The smallest absolute Gasteiger partial charge is 0.240 e. The van der Waals surface area contributed by atoms with Crippen LogP contribution in [-0.2, 0) is 17.7 Å². The van der Waals surface area contributed by atoms with Gasteiger partial charge in [0.25, 0.3) is 0 Å². The van der Waals surface area contributed by atoms with Gasteiger partial charge in [-0.15, -0.1) is 0 Å². The summed E-state index contributed by atoms with van der Waals surface area (Å²) < 4.78 is 11.2. The van der Waals surface area contributed by atoms with Crippen molar-refractivity contribution in [3.05, 3.63) is 11.7 Å². The van der Waals surface area contributed by atoms with Gasteiger partial charge >= 0.3 is 0 Å². The predicted molar refractivity (Wildman–Crippen MR) is 83.6 cm³/mol. The van der Waals surface area contributed by atoms with E-state index in [0.29, 0.717) is 18.2 Å². The zero-order valence-corrected chi connectivity index (χ0v) is 14.0. The largest absolute Gasteiger partial charge is 0.373 e. The minimum Gasteiger partial charge on any atom is -0.373 e. The second kappa shape index (κ2) is 7.06. The van der Waals surface area contributed by atoms with E-state index in [1.807, 2.05) is 6.92 Å². The van der Waals surface area contributed by atoms with Gasteiger partial charge in [-0.25, -0.2) is 0 Å². The summed E-state index contributed by atoms with van der Waals surface area (Å²) in [5, 5.41) is 4.00. The van der Waals surface area contributed by atoms with Crippen LogP contribution in [0.2, 0.25) is 0 Å². The molecule has 2 aliphatic rings. The summed E-state index contributed by atoms with van der Waals surface area (Å²) in [5.41, 5.74) is 0. The number of likely N-dealkylation sites (tertiary alicyclic amines) is 1. The minimum atomic E-state index is 0.335. The fraction of sp³-hybridized carbons (Fsp3) is 0.875. The topological polar surface area (TPSA) is 54.6 Å². The highest BCUT2D eigenvalue weighted by Crippen LogP contribution is 2.22. The number of hydrogen-bond donors (Lipinski definition) is 0. The van der Waals surface area contributed by atoms with Crippen molar-refractivity contribution in [3.63, 3.8) is 0 Å². The van der Waals surface area contributed by atoms with E-state index in [-0.39, 0.29) is 0 Å². The van der Waals surface area contributed by atoms with Crippen LogP contribution in [0.15, 0.2) is 4.52 Å². The lowest BCUT2D eigenvalue weighted by atomic mass is 10.1. The van der Waals surface area contributed by atoms with Crippen LogP contribution in [-0.4, -0.2) is 64.4 Å². The highest BCUT2D eigenvalue weighted by atomic mass is 16.5. The molecule has 0 spiro atoms. The van der Waals surface area contributed by atoms with E-state index in [4.69, 9.17) is 9.26 Å². The quantitative estimate of drug-likeness (QED) is 0.825. The van der Waals surface area contributed by atoms with Gasteiger partial charge in [-0.2, -0.15) is 4.98 Å². The van der Waals surface area contributed by atoms with Crippen LogP contribution in [0.3, 0.4) is 0 Å². The molecule has 2 aliphatic heterocycles. The molecule has 3 heterocycles. The van der Waals surface area contributed by atoms with Crippen LogP contribution in [0, 0.1) is 0 Å². The molecular formula is C16H28N4O2. The summed E-state index contributed by atoms with van der Waals surface area (Å²) in [6, 6.07) is 0.592. The Kier molecular flexibility index (Phi) is 5.10. The summed E-state index contributed by atoms with van der Waals surface area (Å²) >= 11 is 0. The molecule has 124 valence electrons. The Bertz CT molecular complexity index is 468. The van der Waals surface area contributed by atoms with Crippen LogP contribution in [0.5, 0.6) is 0 Å². The van der Waals surface area contributed by atoms with Gasteiger partial charge < -0.3 is 9.26 Å². The van der Waals surface area contributed by atoms with E-state index < -0.39 is 0 Å². The summed E-state index contributed by atoms with van der Waals surface area (Å²) in [6.07, 6.45) is 4.02. The fourth-order valence-electron chi connectivity index (χ4n) is 3.71. The van der Waals surface area contributed by atoms with Crippen molar-refractivity contribution in [2.24, 2.45) is 0 Å². The zero-order valence-electron chi connectivity index (χ0n) is 14.0. The third kappa shape index (κ3) is 3.86. The van der Waals surface area contributed by atoms with Crippen molar-refractivity contribution in [2.75, 3.05) is 26.2 Å². The van der Waals surface area contributed by atoms with Crippen molar-refractivity contribution in [1.82, 2.24) is 19.9 Å². The Morgan fingerprint density at radius 3 is 2.68 bits per heavy atom. The first-order valence-electron chi connectivity index (χ1n) is 8.57. The maximum Gasteiger partial charge on any atom is 0.240 e. The molecule has 2 saturated heterocycles. The zero-order chi connectivity index (χ0) is 15.5. The summed E-state index contributed by atoms with van der Waals surface area (Å²) in [6.45, 7) is 11.5. The van der Waals surface area contributed by atoms with Gasteiger partial charge in [0.15, 0.2) is 5.82 Å². The van der Waals surface area contributed by atoms with E-state index in [9.17, 15) is 0 Å². The predicted octanol–water partition coefficient (Wildman–Crippen LogP) is 1.71. The number of hydrogen-bond acceptors (Lipinski definition) is 6. The molecule has 1 aromatic rings. The normalized spacial score (nSPS) is 31.0. The van der Waals surface area contributed by atoms with Crippen molar-refractivity contribution in [1.29, 1.82) is 0 Å². The molecule has 0 aromatic carbocycles. The van der Waals surface area contributed by atoms with Crippen LogP contribution in [0.1, 0.15) is 45.3 Å². The summed E-state index contributed by atoms with van der Waals surface area (Å²) in [5.74, 6) is 1.56. The Balaban J connectivity index is 1.56. The van der Waals surface area contributed by atoms with Crippen molar-refractivity contribution in [2.45, 2.75) is 64.8 Å². The lowest BCUT2D eigenvalue weighted by Crippen LogP contribution is -2.50. The van der Waals surface area contributed by atoms with Gasteiger partial charge in [-0.1, -0.05) is 12.1 Å². The maximum absolute atomic E-state index is 5.83. The Morgan fingerprint density at radius 1 is 1.23 bits per heavy atom. The molecule has 3 unspecified atom stereocenters. The van der Waals surface area contributed by atoms with Gasteiger partial charge in [0, 0.05) is 32.1 Å². The summed E-state index contributed by atoms with van der Waals surface area (Å²) in [7, 11) is 0. The molecule has 3 atom stereocenters. The Labute approximate surface area is 132 Å². The van der Waals surface area contributed by atoms with Gasteiger partial charge in [-0.05, 0) is 33.2 Å². The summed E-state index contributed by atoms with van der Waals surface area (Å²) in [4.78, 5) is 9.49. The first-order valence-corrected chi connectivity index (χ1v) is 8.57. The molecule has 0 amide bonds. The second-order valence-electron chi connectivity index (χ2n) is 6.70. The molecule has 0 radical (unpaired) electrons. The second-order valence-corrected chi connectivity index (χ2v) is 6.70. The molecule has 6 heteroatoms. The molecule has 6 nitrogen and oxygen atoms in total. The highest BCUT2D eigenvalue weighted by Gasteiger charge is 2.30. The van der Waals surface area contributed by atoms with Crippen LogP contribution in [0.4, 0.5) is 0 Å². The van der Waals surface area contributed by atoms with Crippen LogP contribution in [0.25, 0.3) is 0 Å². The van der Waals surface area contributed by atoms with E-state index in [1.54, 1.807) is 0 Å². The molecule has 0 saturated carbocycles. The van der Waals surface area contributed by atoms with Gasteiger partial charge in [0.05, 0.1) is 18.8 Å². The average Bonchev–Trinajstić information content (AvgIpc) is 3.08. The monoisotopic (exact) mass is 308 g/mol. The van der Waals surface area contributed by atoms with Gasteiger partial charge in [0.2, 0.25) is 5.89 Å². The van der Waals surface area contributed by atoms with Crippen molar-refractivity contribution < 1.29 is 9.26 Å². The number of ether oxygens (including phenoxy) is 1. The average molecular weight is 308 g/mol. The van der Waals surface area contributed by atoms with Crippen molar-refractivity contribution in [3.8, 4) is 0 Å². The van der Waals surface area contributed by atoms with E-state index >= 15 is 0 Å². The first kappa shape index (κ1) is 15.9. The number of nitrogens with zero attached hydrogens (tertiary/aromatic N) is 4. The molecule has 2 fully saturated rings. The fourth-order valence-corrected chi connectivity index (χ4v) is 3.71. The molecule has 3 rings (SSSR count). The lowest BCUT2D eigenvalue weighted by Gasteiger charge is -2.38. The maximum atomic E-state index is 5.83. The van der Waals surface area contributed by atoms with Gasteiger partial charge in [-0.3, -0.25) is 9.80 Å². The molecule has 0 bridgehead atoms. The molecule has 22 heavy (non-hydrogen) atoms. The first-order chi connectivity index (χ1) is 10.6. The number of aryl methyl sites for hydroxylation is 1. The SMILES string of the molecule is CCc1noc(CN2CCCC2CN2CC(C)OC(C)C2)n1. The standard InChI is InChI=1S/C16H28N4O2/c1-4-15-17-16(22-18-15)11-20-7-5-6-14(20)10-19-8-12(2)21-13(3)9-19/h12-14H,4-11H2,1-3H3. The van der Waals surface area contributed by atoms with E-state index in [1.165, 1.54) is 12.8 Å². The number of morpholine rings is 1. The molecule has 0 N–H and O–H groups in total. The number of aromatic nitrogens is 2. The highest BCUT2D eigenvalue weighted by molar-refractivity contribution is 4.90.